The maximum atomic E-state index is 4.77. The highest BCUT2D eigenvalue weighted by molar-refractivity contribution is 5.36. The van der Waals surface area contributed by atoms with Crippen LogP contribution in [0.2, 0.25) is 0 Å². The Morgan fingerprint density at radius 2 is 2.15 bits per heavy atom. The first-order valence-electron chi connectivity index (χ1n) is 7.88. The molecule has 0 aromatic carbocycles. The van der Waals surface area contributed by atoms with Crippen molar-refractivity contribution in [2.75, 3.05) is 11.4 Å². The van der Waals surface area contributed by atoms with Crippen LogP contribution in [-0.2, 0) is 6.54 Å². The summed E-state index contributed by atoms with van der Waals surface area (Å²) in [6.45, 7) is 10.0. The minimum absolute atomic E-state index is 0.629. The van der Waals surface area contributed by atoms with Crippen LogP contribution < -0.4 is 10.2 Å². The molecule has 1 N–H and O–H groups in total. The Balaban J connectivity index is 1.84. The molecule has 2 aliphatic rings. The highest BCUT2D eigenvalue weighted by Crippen LogP contribution is 2.31. The van der Waals surface area contributed by atoms with E-state index in [2.05, 4.69) is 41.4 Å². The van der Waals surface area contributed by atoms with Gasteiger partial charge in [-0.1, -0.05) is 6.08 Å². The zero-order valence-electron chi connectivity index (χ0n) is 12.7. The highest BCUT2D eigenvalue weighted by Gasteiger charge is 2.36. The molecular weight excluding hydrogens is 248 g/mol. The van der Waals surface area contributed by atoms with Crippen molar-refractivity contribution in [3.05, 3.63) is 24.5 Å². The summed E-state index contributed by atoms with van der Waals surface area (Å²) in [5.41, 5.74) is 1.09. The lowest BCUT2D eigenvalue weighted by Gasteiger charge is -2.38. The number of allylic oxidation sites excluding steroid dienone is 1. The molecule has 1 aromatic heterocycles. The van der Waals surface area contributed by atoms with Gasteiger partial charge in [-0.2, -0.15) is 0 Å². The highest BCUT2D eigenvalue weighted by atomic mass is 15.3. The number of fused-ring (bicyclic) bond motifs is 2. The SMILES string of the molecule is C=CCn1cc(C)nc1N(CC)C1CC2CCC(C1)N2. The summed E-state index contributed by atoms with van der Waals surface area (Å²) in [7, 11) is 0. The standard InChI is InChI=1S/C16H26N4/c1-4-8-19-11-12(3)17-16(19)20(5-2)15-9-13-6-7-14(10-15)18-13/h4,11,13-15,18H,1,5-10H2,2-3H3. The normalized spacial score (nSPS) is 28.6. The van der Waals surface area contributed by atoms with Gasteiger partial charge in [0, 0.05) is 37.4 Å². The van der Waals surface area contributed by atoms with Crippen molar-refractivity contribution in [2.45, 2.75) is 64.2 Å². The Kier molecular flexibility index (Phi) is 3.83. The monoisotopic (exact) mass is 274 g/mol. The minimum atomic E-state index is 0.629. The maximum absolute atomic E-state index is 4.77. The van der Waals surface area contributed by atoms with E-state index in [4.69, 9.17) is 4.98 Å². The molecule has 4 nitrogen and oxygen atoms in total. The van der Waals surface area contributed by atoms with E-state index in [0.717, 1.165) is 36.8 Å². The smallest absolute Gasteiger partial charge is 0.206 e. The molecule has 3 rings (SSSR count). The summed E-state index contributed by atoms with van der Waals surface area (Å²) < 4.78 is 2.23. The fourth-order valence-corrected chi connectivity index (χ4v) is 3.88. The number of rotatable bonds is 5. The van der Waals surface area contributed by atoms with Gasteiger partial charge in [-0.25, -0.2) is 4.98 Å². The molecule has 3 heterocycles. The third kappa shape index (κ3) is 2.49. The lowest BCUT2D eigenvalue weighted by molar-refractivity contribution is 0.345. The second kappa shape index (κ2) is 5.60. The zero-order chi connectivity index (χ0) is 14.1. The Hall–Kier alpha value is -1.29. The summed E-state index contributed by atoms with van der Waals surface area (Å²) in [6, 6.07) is 2.07. The molecule has 2 saturated heterocycles. The fraction of sp³-hybridized carbons (Fsp3) is 0.688. The molecule has 0 aliphatic carbocycles. The third-order valence-corrected chi connectivity index (χ3v) is 4.69. The van der Waals surface area contributed by atoms with E-state index in [-0.39, 0.29) is 0 Å². The lowest BCUT2D eigenvalue weighted by atomic mass is 9.98. The number of hydrogen-bond acceptors (Lipinski definition) is 3. The van der Waals surface area contributed by atoms with Gasteiger partial charge in [0.05, 0.1) is 5.69 Å². The minimum Gasteiger partial charge on any atom is -0.339 e. The molecule has 2 atom stereocenters. The summed E-state index contributed by atoms with van der Waals surface area (Å²) in [4.78, 5) is 7.27. The predicted molar refractivity (Wildman–Crippen MR) is 83.1 cm³/mol. The maximum Gasteiger partial charge on any atom is 0.206 e. The molecule has 0 amide bonds. The van der Waals surface area contributed by atoms with Crippen molar-refractivity contribution < 1.29 is 0 Å². The van der Waals surface area contributed by atoms with Gasteiger partial charge in [0.25, 0.3) is 0 Å². The van der Waals surface area contributed by atoms with E-state index < -0.39 is 0 Å². The van der Waals surface area contributed by atoms with Crippen molar-refractivity contribution in [1.29, 1.82) is 0 Å². The van der Waals surface area contributed by atoms with Gasteiger partial charge in [0.1, 0.15) is 0 Å². The Morgan fingerprint density at radius 3 is 2.75 bits per heavy atom. The summed E-state index contributed by atoms with van der Waals surface area (Å²) in [5.74, 6) is 1.12. The first-order valence-corrected chi connectivity index (χ1v) is 7.88. The molecule has 4 heteroatoms. The van der Waals surface area contributed by atoms with Gasteiger partial charge in [0.2, 0.25) is 5.95 Å². The van der Waals surface area contributed by atoms with E-state index in [1.807, 2.05) is 6.08 Å². The molecule has 1 aromatic rings. The van der Waals surface area contributed by atoms with Gasteiger partial charge >= 0.3 is 0 Å². The van der Waals surface area contributed by atoms with Crippen LogP contribution in [0.15, 0.2) is 18.9 Å². The number of aryl methyl sites for hydroxylation is 1. The summed E-state index contributed by atoms with van der Waals surface area (Å²) >= 11 is 0. The topological polar surface area (TPSA) is 33.1 Å². The van der Waals surface area contributed by atoms with Crippen LogP contribution in [0.1, 0.15) is 38.3 Å². The molecule has 110 valence electrons. The van der Waals surface area contributed by atoms with Crippen molar-refractivity contribution in [3.8, 4) is 0 Å². The zero-order valence-corrected chi connectivity index (χ0v) is 12.7. The van der Waals surface area contributed by atoms with Crippen molar-refractivity contribution in [2.24, 2.45) is 0 Å². The van der Waals surface area contributed by atoms with E-state index >= 15 is 0 Å². The summed E-state index contributed by atoms with van der Waals surface area (Å²) in [5, 5.41) is 3.73. The first kappa shape index (κ1) is 13.7. The number of anilines is 1. The van der Waals surface area contributed by atoms with Crippen LogP contribution in [0.3, 0.4) is 0 Å². The second-order valence-electron chi connectivity index (χ2n) is 6.17. The molecule has 2 bridgehead atoms. The molecule has 0 spiro atoms. The van der Waals surface area contributed by atoms with Crippen LogP contribution in [-0.4, -0.2) is 34.2 Å². The van der Waals surface area contributed by atoms with E-state index in [1.54, 1.807) is 0 Å². The Morgan fingerprint density at radius 1 is 1.45 bits per heavy atom. The van der Waals surface area contributed by atoms with Crippen molar-refractivity contribution in [1.82, 2.24) is 14.9 Å². The first-order chi connectivity index (χ1) is 9.71. The Bertz CT molecular complexity index is 467. The van der Waals surface area contributed by atoms with E-state index in [1.165, 1.54) is 25.7 Å². The van der Waals surface area contributed by atoms with Crippen LogP contribution in [0.4, 0.5) is 5.95 Å². The average Bonchev–Trinajstić information content (AvgIpc) is 2.94. The van der Waals surface area contributed by atoms with Crippen LogP contribution >= 0.6 is 0 Å². The van der Waals surface area contributed by atoms with Crippen LogP contribution in [0.25, 0.3) is 0 Å². The van der Waals surface area contributed by atoms with Gasteiger partial charge < -0.3 is 14.8 Å². The number of nitrogens with zero attached hydrogens (tertiary/aromatic N) is 3. The molecule has 2 aliphatic heterocycles. The molecular formula is C16H26N4. The number of hydrogen-bond donors (Lipinski definition) is 1. The fourth-order valence-electron chi connectivity index (χ4n) is 3.88. The van der Waals surface area contributed by atoms with Crippen molar-refractivity contribution >= 4 is 5.95 Å². The van der Waals surface area contributed by atoms with Crippen LogP contribution in [0.5, 0.6) is 0 Å². The average molecular weight is 274 g/mol. The van der Waals surface area contributed by atoms with Gasteiger partial charge in [-0.3, -0.25) is 0 Å². The van der Waals surface area contributed by atoms with Gasteiger partial charge in [0.15, 0.2) is 0 Å². The number of nitrogens with one attached hydrogen (secondary N) is 1. The quantitative estimate of drug-likeness (QED) is 0.837. The number of piperidine rings is 1. The van der Waals surface area contributed by atoms with Crippen LogP contribution in [0, 0.1) is 6.92 Å². The number of aromatic nitrogens is 2. The number of imidazole rings is 1. The molecule has 2 unspecified atom stereocenters. The van der Waals surface area contributed by atoms with E-state index in [9.17, 15) is 0 Å². The Labute approximate surface area is 121 Å². The van der Waals surface area contributed by atoms with Gasteiger partial charge in [-0.05, 0) is 39.5 Å². The van der Waals surface area contributed by atoms with Gasteiger partial charge in [-0.15, -0.1) is 6.58 Å². The lowest BCUT2D eigenvalue weighted by Crippen LogP contribution is -2.49. The molecule has 0 saturated carbocycles. The second-order valence-corrected chi connectivity index (χ2v) is 6.17. The molecule has 2 fully saturated rings. The molecule has 0 radical (unpaired) electrons. The molecule has 20 heavy (non-hydrogen) atoms. The predicted octanol–water partition coefficient (Wildman–Crippen LogP) is 2.49. The van der Waals surface area contributed by atoms with Crippen molar-refractivity contribution in [3.63, 3.8) is 0 Å². The largest absolute Gasteiger partial charge is 0.339 e. The van der Waals surface area contributed by atoms with E-state index in [0.29, 0.717) is 6.04 Å². The third-order valence-electron chi connectivity index (χ3n) is 4.69. The summed E-state index contributed by atoms with van der Waals surface area (Å²) in [6.07, 6.45) is 9.28.